The summed E-state index contributed by atoms with van der Waals surface area (Å²) in [7, 11) is 1.80. The topological polar surface area (TPSA) is 97.3 Å². The van der Waals surface area contributed by atoms with Gasteiger partial charge in [-0.05, 0) is 62.7 Å². The fourth-order valence-electron chi connectivity index (χ4n) is 5.89. The lowest BCUT2D eigenvalue weighted by Gasteiger charge is -2.53. The highest BCUT2D eigenvalue weighted by atomic mass is 79.9. The number of anilines is 1. The quantitative estimate of drug-likeness (QED) is 0.292. The molecule has 3 aliphatic rings. The summed E-state index contributed by atoms with van der Waals surface area (Å²) in [4.78, 5) is 38.9. The lowest BCUT2D eigenvalue weighted by Crippen LogP contribution is -2.62. The van der Waals surface area contributed by atoms with E-state index >= 15 is 0 Å². The Balaban J connectivity index is 1.46. The molecule has 2 aromatic rings. The summed E-state index contributed by atoms with van der Waals surface area (Å²) in [6.45, 7) is 6.73. The normalized spacial score (nSPS) is 22.6. The van der Waals surface area contributed by atoms with E-state index in [0.29, 0.717) is 69.5 Å². The zero-order valence-corrected chi connectivity index (χ0v) is 26.6. The summed E-state index contributed by atoms with van der Waals surface area (Å²) in [6, 6.07) is 1.31. The average molecular weight is 691 g/mol. The number of benzene rings is 1. The van der Waals surface area contributed by atoms with Crippen molar-refractivity contribution in [3.63, 3.8) is 0 Å². The van der Waals surface area contributed by atoms with Crippen molar-refractivity contribution in [2.45, 2.75) is 64.1 Å². The van der Waals surface area contributed by atoms with Gasteiger partial charge in [-0.1, -0.05) is 0 Å². The molecule has 242 valence electrons. The fourth-order valence-corrected chi connectivity index (χ4v) is 6.40. The summed E-state index contributed by atoms with van der Waals surface area (Å²) in [5, 5.41) is 0.306. The second-order valence-electron chi connectivity index (χ2n) is 12.9. The number of carbonyl (C=O) groups is 2. The molecule has 0 radical (unpaired) electrons. The number of hydrogen-bond acceptors (Lipinski definition) is 9. The molecule has 3 aliphatic heterocycles. The Morgan fingerprint density at radius 2 is 1.84 bits per heavy atom. The Kier molecular flexibility index (Phi) is 8.93. The molecule has 1 spiro atoms. The van der Waals surface area contributed by atoms with E-state index in [1.807, 2.05) is 30.6 Å². The Morgan fingerprint density at radius 1 is 1.16 bits per heavy atom. The molecule has 0 N–H and O–H groups in total. The Morgan fingerprint density at radius 3 is 2.43 bits per heavy atom. The van der Waals surface area contributed by atoms with Crippen molar-refractivity contribution in [3.05, 3.63) is 16.1 Å². The summed E-state index contributed by atoms with van der Waals surface area (Å²) < 4.78 is 71.1. The molecular formula is C29H36BrF4N5O5. The smallest absolute Gasteiger partial charge is 0.422 e. The molecule has 3 saturated heterocycles. The largest absolute Gasteiger partial charge is 0.481 e. The van der Waals surface area contributed by atoms with Crippen LogP contribution in [0.1, 0.15) is 50.4 Å². The SMILES string of the molecule is CN1CCC(Oc2nc(N3CCC4(CC3)CN(C(=O)OC(C)(C)C)C4)c3cc(C=O)c(Br)c(OCC(F)(F)F)c3n2)C(F)C1. The molecule has 1 amide bonds. The maximum atomic E-state index is 14.9. The summed E-state index contributed by atoms with van der Waals surface area (Å²) in [6.07, 6.45) is -4.85. The highest BCUT2D eigenvalue weighted by molar-refractivity contribution is 9.10. The first kappa shape index (κ1) is 32.5. The number of fused-ring (bicyclic) bond motifs is 1. The number of piperidine rings is 2. The van der Waals surface area contributed by atoms with Gasteiger partial charge in [0.25, 0.3) is 0 Å². The maximum absolute atomic E-state index is 14.9. The first-order chi connectivity index (χ1) is 20.6. The number of likely N-dealkylation sites (tertiary alicyclic amines) is 2. The molecule has 0 bridgehead atoms. The van der Waals surface area contributed by atoms with Crippen LogP contribution in [-0.4, -0.2) is 109 Å². The third-order valence-corrected chi connectivity index (χ3v) is 8.97. The molecule has 5 rings (SSSR count). The first-order valence-corrected chi connectivity index (χ1v) is 15.3. The number of carbonyl (C=O) groups excluding carboxylic acids is 2. The highest BCUT2D eigenvalue weighted by Gasteiger charge is 2.48. The number of ether oxygens (including phenoxy) is 3. The lowest BCUT2D eigenvalue weighted by atomic mass is 9.72. The number of nitrogens with zero attached hydrogens (tertiary/aromatic N) is 5. The van der Waals surface area contributed by atoms with Crippen LogP contribution in [0.4, 0.5) is 28.2 Å². The van der Waals surface area contributed by atoms with Crippen LogP contribution in [0.15, 0.2) is 10.5 Å². The van der Waals surface area contributed by atoms with Crippen LogP contribution in [0.25, 0.3) is 10.9 Å². The third-order valence-electron chi connectivity index (χ3n) is 8.15. The molecule has 1 aromatic carbocycles. The van der Waals surface area contributed by atoms with Crippen molar-refractivity contribution >= 4 is 45.0 Å². The Labute approximate surface area is 261 Å². The fraction of sp³-hybridized carbons (Fsp3) is 0.655. The molecular weight excluding hydrogens is 654 g/mol. The molecule has 15 heteroatoms. The van der Waals surface area contributed by atoms with Gasteiger partial charge in [0.05, 0.1) is 4.47 Å². The third kappa shape index (κ3) is 7.13. The predicted molar refractivity (Wildman–Crippen MR) is 157 cm³/mol. The number of alkyl halides is 4. The molecule has 0 aliphatic carbocycles. The first-order valence-electron chi connectivity index (χ1n) is 14.5. The van der Waals surface area contributed by atoms with E-state index in [0.717, 1.165) is 0 Å². The molecule has 10 nitrogen and oxygen atoms in total. The van der Waals surface area contributed by atoms with E-state index in [9.17, 15) is 27.2 Å². The molecule has 3 fully saturated rings. The van der Waals surface area contributed by atoms with Crippen molar-refractivity contribution < 1.29 is 41.4 Å². The standard InChI is InChI=1S/C29H36BrF4N5O5/c1-27(2,3)44-26(41)39-14-28(15-39)6-9-38(10-7-28)24-18-11-17(13-40)21(30)23(42-16-29(32,33)34)22(18)35-25(36-24)43-20-5-8-37(4)12-19(20)31/h11,13,19-20H,5-10,12,14-16H2,1-4H3. The number of hydrogen-bond donors (Lipinski definition) is 0. The van der Waals surface area contributed by atoms with Gasteiger partial charge in [0, 0.05) is 62.1 Å². The number of rotatable bonds is 6. The Hall–Kier alpha value is -2.94. The number of aldehydes is 1. The molecule has 4 heterocycles. The van der Waals surface area contributed by atoms with Gasteiger partial charge in [0.15, 0.2) is 18.6 Å². The van der Waals surface area contributed by atoms with Crippen molar-refractivity contribution in [2.24, 2.45) is 5.41 Å². The molecule has 2 atom stereocenters. The van der Waals surface area contributed by atoms with Gasteiger partial charge in [-0.25, -0.2) is 9.18 Å². The maximum Gasteiger partial charge on any atom is 0.422 e. The van der Waals surface area contributed by atoms with Crippen LogP contribution in [0.2, 0.25) is 0 Å². The summed E-state index contributed by atoms with van der Waals surface area (Å²) in [5.41, 5.74) is -0.614. The lowest BCUT2D eigenvalue weighted by molar-refractivity contribution is -0.153. The van der Waals surface area contributed by atoms with Gasteiger partial charge in [-0.3, -0.25) is 4.79 Å². The van der Waals surface area contributed by atoms with Crippen molar-refractivity contribution in [1.82, 2.24) is 19.8 Å². The minimum atomic E-state index is -4.65. The average Bonchev–Trinajstić information content (AvgIpc) is 2.90. The highest BCUT2D eigenvalue weighted by Crippen LogP contribution is 2.45. The van der Waals surface area contributed by atoms with E-state index in [4.69, 9.17) is 14.2 Å². The van der Waals surface area contributed by atoms with Crippen LogP contribution >= 0.6 is 15.9 Å². The van der Waals surface area contributed by atoms with E-state index in [1.54, 1.807) is 11.9 Å². The number of halogens is 5. The van der Waals surface area contributed by atoms with Gasteiger partial charge in [-0.15, -0.1) is 0 Å². The monoisotopic (exact) mass is 689 g/mol. The number of aromatic nitrogens is 2. The van der Waals surface area contributed by atoms with Gasteiger partial charge in [-0.2, -0.15) is 23.1 Å². The van der Waals surface area contributed by atoms with E-state index in [-0.39, 0.29) is 45.4 Å². The second-order valence-corrected chi connectivity index (χ2v) is 13.7. The van der Waals surface area contributed by atoms with Crippen LogP contribution in [0.5, 0.6) is 11.8 Å². The minimum absolute atomic E-state index is 0.00934. The van der Waals surface area contributed by atoms with Crippen molar-refractivity contribution in [2.75, 3.05) is 57.8 Å². The molecule has 44 heavy (non-hydrogen) atoms. The van der Waals surface area contributed by atoms with Crippen LogP contribution in [0, 0.1) is 5.41 Å². The molecule has 1 aromatic heterocycles. The van der Waals surface area contributed by atoms with Crippen LogP contribution < -0.4 is 14.4 Å². The van der Waals surface area contributed by atoms with Crippen molar-refractivity contribution in [3.8, 4) is 11.8 Å². The number of amides is 1. The minimum Gasteiger partial charge on any atom is -0.481 e. The van der Waals surface area contributed by atoms with Crippen LogP contribution in [-0.2, 0) is 4.74 Å². The Bertz CT molecular complexity index is 1410. The second kappa shape index (κ2) is 12.1. The molecule has 0 saturated carbocycles. The summed E-state index contributed by atoms with van der Waals surface area (Å²) in [5.74, 6) is 0.0649. The van der Waals surface area contributed by atoms with Crippen molar-refractivity contribution in [1.29, 1.82) is 0 Å². The predicted octanol–water partition coefficient (Wildman–Crippen LogP) is 5.40. The zero-order chi connectivity index (χ0) is 32.0. The van der Waals surface area contributed by atoms with Gasteiger partial charge < -0.3 is 28.9 Å². The van der Waals surface area contributed by atoms with Gasteiger partial charge in [0.2, 0.25) is 0 Å². The van der Waals surface area contributed by atoms with E-state index in [2.05, 4.69) is 25.9 Å². The van der Waals surface area contributed by atoms with E-state index < -0.39 is 30.7 Å². The van der Waals surface area contributed by atoms with Crippen LogP contribution in [0.3, 0.4) is 0 Å². The van der Waals surface area contributed by atoms with E-state index in [1.165, 1.54) is 6.07 Å². The molecule has 2 unspecified atom stereocenters. The van der Waals surface area contributed by atoms with Gasteiger partial charge >= 0.3 is 18.3 Å². The van der Waals surface area contributed by atoms with Gasteiger partial charge in [0.1, 0.15) is 29.2 Å². The zero-order valence-electron chi connectivity index (χ0n) is 25.0. The summed E-state index contributed by atoms with van der Waals surface area (Å²) >= 11 is 3.21.